The smallest absolute Gasteiger partial charge is 0.296 e. The van der Waals surface area contributed by atoms with Crippen molar-refractivity contribution in [2.45, 2.75) is 25.7 Å². The molecule has 0 atom stereocenters. The molecule has 1 heterocycles. The Morgan fingerprint density at radius 3 is 2.38 bits per heavy atom. The number of sulfonamides is 1. The van der Waals surface area contributed by atoms with E-state index in [1.54, 1.807) is 26.8 Å². The van der Waals surface area contributed by atoms with Crippen molar-refractivity contribution in [2.24, 2.45) is 0 Å². The second-order valence-electron chi connectivity index (χ2n) is 5.12. The highest BCUT2D eigenvalue weighted by Gasteiger charge is 2.26. The molecule has 0 saturated carbocycles. The Bertz CT molecular complexity index is 871. The van der Waals surface area contributed by atoms with Gasteiger partial charge in [-0.2, -0.15) is 9.40 Å². The minimum atomic E-state index is -3.79. The molecule has 0 radical (unpaired) electrons. The van der Waals surface area contributed by atoms with Crippen LogP contribution in [0.1, 0.15) is 19.5 Å². The van der Waals surface area contributed by atoms with Crippen molar-refractivity contribution in [3.05, 3.63) is 40.1 Å². The molecule has 0 bridgehead atoms. The molecule has 24 heavy (non-hydrogen) atoms. The molecule has 1 aromatic heterocycles. The number of rotatable bonds is 6. The van der Waals surface area contributed by atoms with Gasteiger partial charge in [0.1, 0.15) is 11.5 Å². The van der Waals surface area contributed by atoms with Gasteiger partial charge < -0.3 is 5.73 Å². The second kappa shape index (κ2) is 6.57. The van der Waals surface area contributed by atoms with E-state index in [9.17, 15) is 18.5 Å². The van der Waals surface area contributed by atoms with Gasteiger partial charge in [0.2, 0.25) is 10.0 Å². The van der Waals surface area contributed by atoms with E-state index in [0.29, 0.717) is 5.69 Å². The van der Waals surface area contributed by atoms with Crippen LogP contribution in [0.5, 0.6) is 0 Å². The average Bonchev–Trinajstić information content (AvgIpc) is 2.86. The lowest BCUT2D eigenvalue weighted by atomic mass is 10.2. The number of nitrogen functional groups attached to an aromatic ring is 1. The fourth-order valence-electron chi connectivity index (χ4n) is 2.41. The summed E-state index contributed by atoms with van der Waals surface area (Å²) in [6.45, 7) is 5.67. The molecule has 0 unspecified atom stereocenters. The maximum absolute atomic E-state index is 12.5. The third kappa shape index (κ3) is 3.10. The summed E-state index contributed by atoms with van der Waals surface area (Å²) < 4.78 is 27.5. The van der Waals surface area contributed by atoms with Gasteiger partial charge >= 0.3 is 0 Å². The Balaban J connectivity index is 2.64. The largest absolute Gasteiger partial charge is 0.384 e. The van der Waals surface area contributed by atoms with E-state index in [0.717, 1.165) is 6.07 Å². The zero-order chi connectivity index (χ0) is 18.1. The van der Waals surface area contributed by atoms with Gasteiger partial charge in [-0.05, 0) is 19.1 Å². The van der Waals surface area contributed by atoms with E-state index in [2.05, 4.69) is 5.10 Å². The summed E-state index contributed by atoms with van der Waals surface area (Å²) in [7, 11) is -3.79. The van der Waals surface area contributed by atoms with Crippen LogP contribution in [0.2, 0.25) is 0 Å². The summed E-state index contributed by atoms with van der Waals surface area (Å²) in [4.78, 5) is 10.6. The van der Waals surface area contributed by atoms with Crippen LogP contribution in [0, 0.1) is 17.0 Å². The van der Waals surface area contributed by atoms with Crippen molar-refractivity contribution in [1.82, 2.24) is 14.1 Å². The molecule has 2 rings (SSSR count). The topological polar surface area (TPSA) is 124 Å². The monoisotopic (exact) mass is 353 g/mol. The van der Waals surface area contributed by atoms with Gasteiger partial charge in [0, 0.05) is 25.2 Å². The van der Waals surface area contributed by atoms with Crippen molar-refractivity contribution in [3.63, 3.8) is 0 Å². The zero-order valence-corrected chi connectivity index (χ0v) is 14.4. The van der Waals surface area contributed by atoms with E-state index in [4.69, 9.17) is 5.73 Å². The number of nitro groups is 1. The molecular weight excluding hydrogens is 334 g/mol. The number of hydrogen-bond donors (Lipinski definition) is 1. The molecule has 0 amide bonds. The fraction of sp³-hybridized carbons (Fsp3) is 0.357. The van der Waals surface area contributed by atoms with Gasteiger partial charge in [0.05, 0.1) is 15.5 Å². The molecule has 0 aliphatic rings. The van der Waals surface area contributed by atoms with Gasteiger partial charge in [0.15, 0.2) is 0 Å². The van der Waals surface area contributed by atoms with Crippen LogP contribution in [0.3, 0.4) is 0 Å². The first-order valence-electron chi connectivity index (χ1n) is 7.33. The summed E-state index contributed by atoms with van der Waals surface area (Å²) in [6.07, 6.45) is 0. The van der Waals surface area contributed by atoms with Gasteiger partial charge in [0.25, 0.3) is 5.69 Å². The number of nitrogens with two attached hydrogens (primary N) is 1. The molecule has 0 aliphatic carbocycles. The highest BCUT2D eigenvalue weighted by Crippen LogP contribution is 2.29. The molecule has 0 aliphatic heterocycles. The predicted molar refractivity (Wildman–Crippen MR) is 89.5 cm³/mol. The van der Waals surface area contributed by atoms with E-state index < -0.39 is 14.9 Å². The number of benzene rings is 1. The molecule has 2 N–H and O–H groups in total. The maximum atomic E-state index is 12.5. The normalized spacial score (nSPS) is 11.8. The maximum Gasteiger partial charge on any atom is 0.296 e. The van der Waals surface area contributed by atoms with Crippen molar-refractivity contribution in [3.8, 4) is 5.69 Å². The number of hydrogen-bond acceptors (Lipinski definition) is 6. The second-order valence-corrected chi connectivity index (χ2v) is 7.06. The lowest BCUT2D eigenvalue weighted by Gasteiger charge is -2.18. The van der Waals surface area contributed by atoms with Gasteiger partial charge in [-0.15, -0.1) is 0 Å². The lowest BCUT2D eigenvalue weighted by Crippen LogP contribution is -2.30. The SMILES string of the molecule is CCN(CC)S(=O)(=O)c1ccc(-n2nc(C)cc2N)c([N+](=O)[O-])c1. The van der Waals surface area contributed by atoms with Crippen molar-refractivity contribution in [2.75, 3.05) is 18.8 Å². The van der Waals surface area contributed by atoms with Crippen LogP contribution in [-0.4, -0.2) is 40.5 Å². The average molecular weight is 353 g/mol. The quantitative estimate of drug-likeness (QED) is 0.622. The van der Waals surface area contributed by atoms with Crippen molar-refractivity contribution >= 4 is 21.5 Å². The van der Waals surface area contributed by atoms with Crippen LogP contribution in [-0.2, 0) is 10.0 Å². The Hall–Kier alpha value is -2.46. The van der Waals surface area contributed by atoms with E-state index in [1.165, 1.54) is 21.1 Å². The van der Waals surface area contributed by atoms with Crippen LogP contribution in [0.4, 0.5) is 11.5 Å². The Labute approximate surface area is 139 Å². The Morgan fingerprint density at radius 1 is 1.29 bits per heavy atom. The van der Waals surface area contributed by atoms with Crippen LogP contribution in [0.15, 0.2) is 29.2 Å². The summed E-state index contributed by atoms with van der Waals surface area (Å²) in [5, 5.41) is 15.5. The first kappa shape index (κ1) is 17.9. The molecule has 0 spiro atoms. The zero-order valence-electron chi connectivity index (χ0n) is 13.6. The van der Waals surface area contributed by atoms with E-state index in [1.807, 2.05) is 0 Å². The first-order valence-corrected chi connectivity index (χ1v) is 8.77. The summed E-state index contributed by atoms with van der Waals surface area (Å²) in [5.41, 5.74) is 6.15. The highest BCUT2D eigenvalue weighted by molar-refractivity contribution is 7.89. The minimum Gasteiger partial charge on any atom is -0.384 e. The molecule has 0 saturated heterocycles. The van der Waals surface area contributed by atoms with E-state index >= 15 is 0 Å². The molecule has 2 aromatic rings. The van der Waals surface area contributed by atoms with Crippen molar-refractivity contribution < 1.29 is 13.3 Å². The molecule has 9 nitrogen and oxygen atoms in total. The Kier molecular flexibility index (Phi) is 4.90. The third-order valence-corrected chi connectivity index (χ3v) is 5.62. The van der Waals surface area contributed by atoms with Crippen LogP contribution in [0.25, 0.3) is 5.69 Å². The number of nitrogens with zero attached hydrogens (tertiary/aromatic N) is 4. The van der Waals surface area contributed by atoms with Crippen molar-refractivity contribution in [1.29, 1.82) is 0 Å². The third-order valence-electron chi connectivity index (χ3n) is 3.57. The molecule has 0 fully saturated rings. The van der Waals surface area contributed by atoms with Gasteiger partial charge in [-0.1, -0.05) is 13.8 Å². The highest BCUT2D eigenvalue weighted by atomic mass is 32.2. The van der Waals surface area contributed by atoms with Crippen LogP contribution < -0.4 is 5.73 Å². The Morgan fingerprint density at radius 2 is 1.92 bits per heavy atom. The summed E-state index contributed by atoms with van der Waals surface area (Å²) in [6, 6.07) is 5.29. The van der Waals surface area contributed by atoms with Crippen LogP contribution >= 0.6 is 0 Å². The minimum absolute atomic E-state index is 0.115. The lowest BCUT2D eigenvalue weighted by molar-refractivity contribution is -0.384. The van der Waals surface area contributed by atoms with E-state index in [-0.39, 0.29) is 35.2 Å². The molecule has 1 aromatic carbocycles. The summed E-state index contributed by atoms with van der Waals surface area (Å²) >= 11 is 0. The number of aromatic nitrogens is 2. The molecule has 10 heteroatoms. The number of anilines is 1. The number of aryl methyl sites for hydroxylation is 1. The number of nitro benzene ring substituents is 1. The fourth-order valence-corrected chi connectivity index (χ4v) is 3.89. The summed E-state index contributed by atoms with van der Waals surface area (Å²) in [5.74, 6) is 0.231. The van der Waals surface area contributed by atoms with Gasteiger partial charge in [-0.25, -0.2) is 13.1 Å². The molecule has 130 valence electrons. The standard InChI is InChI=1S/C14H19N5O4S/c1-4-17(5-2)24(22,23)11-6-7-12(13(9-11)19(20)21)18-14(15)8-10(3)16-18/h6-9H,4-5,15H2,1-3H3. The molecular formula is C14H19N5O4S. The van der Waals surface area contributed by atoms with Gasteiger partial charge in [-0.3, -0.25) is 10.1 Å². The predicted octanol–water partition coefficient (Wildman–Crippen LogP) is 1.70. The first-order chi connectivity index (χ1) is 11.2.